The Kier molecular flexibility index (Phi) is 5.87. The smallest absolute Gasteiger partial charge is 0.271 e. The number of benzene rings is 1. The van der Waals surface area contributed by atoms with Crippen LogP contribution in [-0.2, 0) is 23.4 Å². The van der Waals surface area contributed by atoms with Crippen molar-refractivity contribution in [1.82, 2.24) is 9.97 Å². The van der Waals surface area contributed by atoms with Gasteiger partial charge in [0.25, 0.3) is 11.2 Å². The fraction of sp³-hybridized carbons (Fsp3) is 0.350. The van der Waals surface area contributed by atoms with E-state index >= 15 is 0 Å². The maximum atomic E-state index is 12.5. The molecule has 10 heteroatoms. The summed E-state index contributed by atoms with van der Waals surface area (Å²) in [7, 11) is 0. The van der Waals surface area contributed by atoms with E-state index in [4.69, 9.17) is 0 Å². The number of thiophene rings is 1. The van der Waals surface area contributed by atoms with Crippen molar-refractivity contribution in [2.75, 3.05) is 11.1 Å². The summed E-state index contributed by atoms with van der Waals surface area (Å²) in [6.07, 6.45) is 3.34. The van der Waals surface area contributed by atoms with Crippen molar-refractivity contribution in [1.29, 1.82) is 0 Å². The Hall–Kier alpha value is -2.72. The lowest BCUT2D eigenvalue weighted by Gasteiger charge is -2.06. The number of H-pyrrole nitrogens is 1. The molecule has 0 saturated carbocycles. The molecule has 0 unspecified atom stereocenters. The fourth-order valence-corrected chi connectivity index (χ4v) is 5.70. The molecule has 0 bridgehead atoms. The number of nitro groups is 1. The number of non-ortho nitro benzene ring substituents is 1. The Morgan fingerprint density at radius 2 is 2.20 bits per heavy atom. The van der Waals surface area contributed by atoms with E-state index in [0.29, 0.717) is 28.6 Å². The third-order valence-electron chi connectivity index (χ3n) is 4.89. The van der Waals surface area contributed by atoms with Gasteiger partial charge >= 0.3 is 0 Å². The first-order chi connectivity index (χ1) is 14.4. The van der Waals surface area contributed by atoms with E-state index < -0.39 is 4.92 Å². The summed E-state index contributed by atoms with van der Waals surface area (Å²) in [5.41, 5.74) is 2.16. The Bertz CT molecular complexity index is 1200. The molecule has 0 radical (unpaired) electrons. The zero-order chi connectivity index (χ0) is 21.3. The van der Waals surface area contributed by atoms with E-state index in [2.05, 4.69) is 15.3 Å². The number of hydrogen-bond donors (Lipinski definition) is 2. The second-order valence-corrected chi connectivity index (χ2v) is 9.40. The second-order valence-electron chi connectivity index (χ2n) is 7.22. The molecule has 0 spiro atoms. The molecule has 1 aromatic carbocycles. The molecule has 8 nitrogen and oxygen atoms in total. The van der Waals surface area contributed by atoms with E-state index in [9.17, 15) is 19.7 Å². The molecular formula is C20H20N4O4S2. The lowest BCUT2D eigenvalue weighted by molar-refractivity contribution is -0.384. The largest absolute Gasteiger partial charge is 0.326 e. The van der Waals surface area contributed by atoms with Gasteiger partial charge in [0, 0.05) is 34.9 Å². The number of amides is 1. The number of nitrogens with zero attached hydrogens (tertiary/aromatic N) is 2. The minimum atomic E-state index is -0.481. The molecule has 2 N–H and O–H groups in total. The van der Waals surface area contributed by atoms with Gasteiger partial charge in [-0.1, -0.05) is 0 Å². The Morgan fingerprint density at radius 3 is 3.00 bits per heavy atom. The van der Waals surface area contributed by atoms with E-state index in [0.717, 1.165) is 35.0 Å². The number of carbonyl (C=O) groups is 1. The normalized spacial score (nSPS) is 12.8. The number of thioether (sulfide) groups is 1. The van der Waals surface area contributed by atoms with Gasteiger partial charge in [0.05, 0.1) is 16.1 Å². The number of hydrogen-bond acceptors (Lipinski definition) is 7. The van der Waals surface area contributed by atoms with E-state index in [1.807, 2.05) is 0 Å². The molecule has 0 saturated heterocycles. The fourth-order valence-electron chi connectivity index (χ4n) is 3.61. The topological polar surface area (TPSA) is 118 Å². The zero-order valence-corrected chi connectivity index (χ0v) is 18.0. The van der Waals surface area contributed by atoms with Crippen LogP contribution in [-0.4, -0.2) is 26.6 Å². The van der Waals surface area contributed by atoms with Crippen LogP contribution in [0.3, 0.4) is 0 Å². The van der Waals surface area contributed by atoms with Crippen LogP contribution in [0.4, 0.5) is 11.4 Å². The lowest BCUT2D eigenvalue weighted by Crippen LogP contribution is -2.13. The van der Waals surface area contributed by atoms with E-state index in [1.165, 1.54) is 28.8 Å². The quantitative estimate of drug-likeness (QED) is 0.324. The monoisotopic (exact) mass is 444 g/mol. The van der Waals surface area contributed by atoms with Crippen molar-refractivity contribution in [3.63, 3.8) is 0 Å². The minimum Gasteiger partial charge on any atom is -0.326 e. The molecule has 0 fully saturated rings. The van der Waals surface area contributed by atoms with Crippen LogP contribution in [0.2, 0.25) is 0 Å². The van der Waals surface area contributed by atoms with Gasteiger partial charge in [0.15, 0.2) is 0 Å². The SMILES string of the molecule is Cc1cc(NC(=O)CCSCc2nc3sc4c(c3c(=O)[nH]2)CCC4)cc([N+](=O)[O-])c1. The number of aromatic amines is 1. The third-order valence-corrected chi connectivity index (χ3v) is 7.05. The minimum absolute atomic E-state index is 0.0513. The highest BCUT2D eigenvalue weighted by molar-refractivity contribution is 7.98. The van der Waals surface area contributed by atoms with Gasteiger partial charge in [-0.05, 0) is 43.4 Å². The predicted octanol–water partition coefficient (Wildman–Crippen LogP) is 3.95. The van der Waals surface area contributed by atoms with Crippen molar-refractivity contribution in [3.8, 4) is 0 Å². The van der Waals surface area contributed by atoms with Crippen molar-refractivity contribution in [2.45, 2.75) is 38.4 Å². The second kappa shape index (κ2) is 8.57. The van der Waals surface area contributed by atoms with Crippen molar-refractivity contribution in [2.24, 2.45) is 0 Å². The first-order valence-electron chi connectivity index (χ1n) is 9.58. The Labute approximate surface area is 180 Å². The summed E-state index contributed by atoms with van der Waals surface area (Å²) in [6.45, 7) is 1.74. The summed E-state index contributed by atoms with van der Waals surface area (Å²) in [5.74, 6) is 1.46. The van der Waals surface area contributed by atoms with Gasteiger partial charge in [-0.2, -0.15) is 11.8 Å². The molecule has 2 heterocycles. The van der Waals surface area contributed by atoms with Crippen LogP contribution in [0, 0.1) is 17.0 Å². The molecule has 0 atom stereocenters. The number of nitro benzene ring substituents is 1. The molecule has 30 heavy (non-hydrogen) atoms. The summed E-state index contributed by atoms with van der Waals surface area (Å²) >= 11 is 3.12. The summed E-state index contributed by atoms with van der Waals surface area (Å²) in [5, 5.41) is 14.4. The van der Waals surface area contributed by atoms with Crippen LogP contribution in [0.1, 0.15) is 34.7 Å². The standard InChI is InChI=1S/C20H20N4O4S2/c1-11-7-12(9-13(8-11)24(27)28)21-17(25)5-6-29-10-16-22-19(26)18-14-3-2-4-15(14)30-20(18)23-16/h7-9H,2-6,10H2,1H3,(H,21,25)(H,22,23,26). The van der Waals surface area contributed by atoms with E-state index in [-0.39, 0.29) is 23.6 Å². The summed E-state index contributed by atoms with van der Waals surface area (Å²) in [6, 6.07) is 4.50. The number of fused-ring (bicyclic) bond motifs is 3. The highest BCUT2D eigenvalue weighted by atomic mass is 32.2. The highest BCUT2D eigenvalue weighted by Gasteiger charge is 2.21. The Morgan fingerprint density at radius 1 is 1.37 bits per heavy atom. The first kappa shape index (κ1) is 20.5. The highest BCUT2D eigenvalue weighted by Crippen LogP contribution is 2.34. The Balaban J connectivity index is 1.31. The number of nitrogens with one attached hydrogen (secondary N) is 2. The maximum absolute atomic E-state index is 12.5. The van der Waals surface area contributed by atoms with Crippen molar-refractivity contribution < 1.29 is 9.72 Å². The molecule has 0 aliphatic heterocycles. The molecule has 2 aromatic heterocycles. The summed E-state index contributed by atoms with van der Waals surface area (Å²) < 4.78 is 0. The summed E-state index contributed by atoms with van der Waals surface area (Å²) in [4.78, 5) is 44.6. The van der Waals surface area contributed by atoms with Gasteiger partial charge in [0.1, 0.15) is 10.7 Å². The number of aromatic nitrogens is 2. The van der Waals surface area contributed by atoms with Crippen LogP contribution in [0.5, 0.6) is 0 Å². The average molecular weight is 445 g/mol. The lowest BCUT2D eigenvalue weighted by atomic mass is 10.2. The first-order valence-corrected chi connectivity index (χ1v) is 11.5. The number of rotatable bonds is 7. The number of anilines is 1. The molecule has 1 aliphatic rings. The van der Waals surface area contributed by atoms with Gasteiger partial charge in [-0.3, -0.25) is 19.7 Å². The average Bonchev–Trinajstić information content (AvgIpc) is 3.25. The van der Waals surface area contributed by atoms with Crippen molar-refractivity contribution in [3.05, 3.63) is 60.5 Å². The zero-order valence-electron chi connectivity index (χ0n) is 16.3. The van der Waals surface area contributed by atoms with Crippen LogP contribution >= 0.6 is 23.1 Å². The van der Waals surface area contributed by atoms with Crippen LogP contribution in [0.25, 0.3) is 10.2 Å². The molecule has 1 aliphatic carbocycles. The van der Waals surface area contributed by atoms with E-state index in [1.54, 1.807) is 24.3 Å². The molecule has 156 valence electrons. The maximum Gasteiger partial charge on any atom is 0.271 e. The van der Waals surface area contributed by atoms with Gasteiger partial charge in [0.2, 0.25) is 5.91 Å². The molecule has 3 aromatic rings. The van der Waals surface area contributed by atoms with Gasteiger partial charge < -0.3 is 10.3 Å². The van der Waals surface area contributed by atoms with Crippen molar-refractivity contribution >= 4 is 50.6 Å². The molecular weight excluding hydrogens is 424 g/mol. The molecule has 1 amide bonds. The number of aryl methyl sites for hydroxylation is 3. The third kappa shape index (κ3) is 4.39. The van der Waals surface area contributed by atoms with Gasteiger partial charge in [-0.15, -0.1) is 11.3 Å². The molecule has 4 rings (SSSR count). The number of carbonyl (C=O) groups excluding carboxylic acids is 1. The van der Waals surface area contributed by atoms with Gasteiger partial charge in [-0.25, -0.2) is 4.98 Å². The van der Waals surface area contributed by atoms with Crippen LogP contribution < -0.4 is 10.9 Å². The predicted molar refractivity (Wildman–Crippen MR) is 120 cm³/mol. The van der Waals surface area contributed by atoms with Crippen LogP contribution in [0.15, 0.2) is 23.0 Å².